The minimum atomic E-state index is -3.74. The molecule has 0 radical (unpaired) electrons. The fraction of sp³-hybridized carbons (Fsp3) is 0.333. The van der Waals surface area contributed by atoms with Gasteiger partial charge in [-0.05, 0) is 25.3 Å². The van der Waals surface area contributed by atoms with Crippen LogP contribution in [0.25, 0.3) is 5.65 Å². The van der Waals surface area contributed by atoms with Gasteiger partial charge in [0, 0.05) is 24.8 Å². The number of morpholine rings is 1. The van der Waals surface area contributed by atoms with Crippen LogP contribution in [0.3, 0.4) is 0 Å². The van der Waals surface area contributed by atoms with Crippen LogP contribution in [-0.2, 0) is 14.6 Å². The number of aromatic nitrogens is 3. The molecule has 0 amide bonds. The molecule has 0 unspecified atom stereocenters. The SMILES string of the molecule is CSc1nn2c(N3CCOCC3)cc(C)nc2c1S(=O)(=O)c1ccccc1. The maximum atomic E-state index is 13.3. The molecule has 0 bridgehead atoms. The first kappa shape index (κ1) is 18.3. The number of aryl methyl sites for hydroxylation is 1. The second-order valence-electron chi connectivity index (χ2n) is 6.25. The Labute approximate surface area is 162 Å². The first-order chi connectivity index (χ1) is 13.0. The monoisotopic (exact) mass is 404 g/mol. The second-order valence-corrected chi connectivity index (χ2v) is 8.93. The van der Waals surface area contributed by atoms with Crippen LogP contribution in [0.2, 0.25) is 0 Å². The highest BCUT2D eigenvalue weighted by atomic mass is 32.2. The largest absolute Gasteiger partial charge is 0.378 e. The molecule has 1 aliphatic heterocycles. The zero-order valence-corrected chi connectivity index (χ0v) is 16.8. The van der Waals surface area contributed by atoms with E-state index in [9.17, 15) is 8.42 Å². The molecule has 3 aromatic rings. The van der Waals surface area contributed by atoms with Crippen LogP contribution in [0.1, 0.15) is 5.69 Å². The van der Waals surface area contributed by atoms with E-state index in [2.05, 4.69) is 15.0 Å². The zero-order valence-electron chi connectivity index (χ0n) is 15.1. The molecule has 1 fully saturated rings. The number of ether oxygens (including phenoxy) is 1. The van der Waals surface area contributed by atoms with Crippen molar-refractivity contribution in [2.75, 3.05) is 37.5 Å². The molecule has 0 N–H and O–H groups in total. The molecule has 142 valence electrons. The number of thioether (sulfide) groups is 1. The topological polar surface area (TPSA) is 76.8 Å². The summed E-state index contributed by atoms with van der Waals surface area (Å²) in [5.41, 5.74) is 1.12. The molecule has 27 heavy (non-hydrogen) atoms. The predicted octanol–water partition coefficient (Wildman–Crippen LogP) is 2.43. The third-order valence-corrected chi connectivity index (χ3v) is 7.08. The second kappa shape index (κ2) is 7.14. The summed E-state index contributed by atoms with van der Waals surface area (Å²) in [5, 5.41) is 5.05. The van der Waals surface area contributed by atoms with Gasteiger partial charge in [0.15, 0.2) is 10.5 Å². The minimum absolute atomic E-state index is 0.166. The Morgan fingerprint density at radius 1 is 1.15 bits per heavy atom. The maximum absolute atomic E-state index is 13.3. The summed E-state index contributed by atoms with van der Waals surface area (Å²) >= 11 is 1.31. The van der Waals surface area contributed by atoms with Crippen molar-refractivity contribution in [2.24, 2.45) is 0 Å². The van der Waals surface area contributed by atoms with Crippen LogP contribution in [0, 0.1) is 6.92 Å². The average Bonchev–Trinajstić information content (AvgIpc) is 3.08. The van der Waals surface area contributed by atoms with Crippen molar-refractivity contribution in [2.45, 2.75) is 21.7 Å². The molecule has 9 heteroatoms. The number of nitrogens with zero attached hydrogens (tertiary/aromatic N) is 4. The Hall–Kier alpha value is -2.10. The number of benzene rings is 1. The molecule has 2 aromatic heterocycles. The molecule has 0 saturated carbocycles. The van der Waals surface area contributed by atoms with Crippen molar-refractivity contribution in [3.05, 3.63) is 42.1 Å². The Morgan fingerprint density at radius 2 is 1.85 bits per heavy atom. The molecule has 4 rings (SSSR count). The van der Waals surface area contributed by atoms with E-state index in [0.29, 0.717) is 23.9 Å². The van der Waals surface area contributed by atoms with Crippen molar-refractivity contribution in [3.8, 4) is 0 Å². The number of anilines is 1. The fourth-order valence-corrected chi connectivity index (χ4v) is 5.60. The lowest BCUT2D eigenvalue weighted by atomic mass is 10.3. The van der Waals surface area contributed by atoms with Gasteiger partial charge in [-0.25, -0.2) is 13.4 Å². The summed E-state index contributed by atoms with van der Waals surface area (Å²) in [6, 6.07) is 10.4. The molecule has 1 saturated heterocycles. The highest BCUT2D eigenvalue weighted by Crippen LogP contribution is 2.34. The fourth-order valence-electron chi connectivity index (χ4n) is 3.18. The normalized spacial score (nSPS) is 15.4. The molecule has 1 aliphatic rings. The summed E-state index contributed by atoms with van der Waals surface area (Å²) in [4.78, 5) is 7.10. The average molecular weight is 405 g/mol. The Balaban J connectivity index is 1.97. The minimum Gasteiger partial charge on any atom is -0.378 e. The lowest BCUT2D eigenvalue weighted by Gasteiger charge is -2.29. The van der Waals surface area contributed by atoms with Gasteiger partial charge in [0.2, 0.25) is 9.84 Å². The van der Waals surface area contributed by atoms with Crippen LogP contribution >= 0.6 is 11.8 Å². The number of rotatable bonds is 4. The van der Waals surface area contributed by atoms with E-state index >= 15 is 0 Å². The zero-order chi connectivity index (χ0) is 19.0. The molecule has 0 aliphatic carbocycles. The lowest BCUT2D eigenvalue weighted by molar-refractivity contribution is 0.122. The van der Waals surface area contributed by atoms with Crippen molar-refractivity contribution in [1.29, 1.82) is 0 Å². The van der Waals surface area contributed by atoms with E-state index in [4.69, 9.17) is 4.74 Å². The van der Waals surface area contributed by atoms with E-state index in [0.717, 1.165) is 24.6 Å². The molecule has 0 spiro atoms. The van der Waals surface area contributed by atoms with E-state index in [1.807, 2.05) is 19.2 Å². The lowest BCUT2D eigenvalue weighted by Crippen LogP contribution is -2.37. The highest BCUT2D eigenvalue weighted by molar-refractivity contribution is 7.99. The predicted molar refractivity (Wildman–Crippen MR) is 104 cm³/mol. The molecular weight excluding hydrogens is 384 g/mol. The summed E-state index contributed by atoms with van der Waals surface area (Å²) in [5.74, 6) is 0.839. The smallest absolute Gasteiger partial charge is 0.213 e. The van der Waals surface area contributed by atoms with Crippen LogP contribution in [-0.4, -0.2) is 55.6 Å². The molecule has 1 aromatic carbocycles. The van der Waals surface area contributed by atoms with E-state index < -0.39 is 9.84 Å². The van der Waals surface area contributed by atoms with Gasteiger partial charge in [0.25, 0.3) is 0 Å². The first-order valence-corrected chi connectivity index (χ1v) is 11.3. The van der Waals surface area contributed by atoms with Gasteiger partial charge < -0.3 is 9.64 Å². The number of hydrogen-bond donors (Lipinski definition) is 0. The molecule has 0 atom stereocenters. The van der Waals surface area contributed by atoms with Crippen molar-refractivity contribution >= 4 is 33.1 Å². The van der Waals surface area contributed by atoms with Crippen LogP contribution in [0.4, 0.5) is 5.82 Å². The van der Waals surface area contributed by atoms with Gasteiger partial charge >= 0.3 is 0 Å². The molecular formula is C18H20N4O3S2. The van der Waals surface area contributed by atoms with Gasteiger partial charge in [0.05, 0.1) is 18.1 Å². The van der Waals surface area contributed by atoms with Crippen molar-refractivity contribution in [3.63, 3.8) is 0 Å². The van der Waals surface area contributed by atoms with Gasteiger partial charge in [-0.2, -0.15) is 9.61 Å². The number of hydrogen-bond acceptors (Lipinski definition) is 7. The summed E-state index contributed by atoms with van der Waals surface area (Å²) in [6.45, 7) is 4.60. The quantitative estimate of drug-likeness (QED) is 0.618. The third-order valence-electron chi connectivity index (χ3n) is 4.48. The van der Waals surface area contributed by atoms with Crippen molar-refractivity contribution < 1.29 is 13.2 Å². The van der Waals surface area contributed by atoms with E-state index in [1.54, 1.807) is 34.8 Å². The van der Waals surface area contributed by atoms with E-state index in [1.165, 1.54) is 11.8 Å². The van der Waals surface area contributed by atoms with Gasteiger partial charge in [-0.1, -0.05) is 18.2 Å². The third kappa shape index (κ3) is 3.19. The number of sulfone groups is 1. The van der Waals surface area contributed by atoms with Crippen LogP contribution < -0.4 is 4.90 Å². The summed E-state index contributed by atoms with van der Waals surface area (Å²) in [7, 11) is -3.74. The Morgan fingerprint density at radius 3 is 2.52 bits per heavy atom. The van der Waals surface area contributed by atoms with Gasteiger partial charge in [-0.3, -0.25) is 0 Å². The Bertz CT molecular complexity index is 1070. The van der Waals surface area contributed by atoms with Gasteiger partial charge in [0.1, 0.15) is 10.8 Å². The molecule has 3 heterocycles. The highest BCUT2D eigenvalue weighted by Gasteiger charge is 2.30. The van der Waals surface area contributed by atoms with Crippen LogP contribution in [0.15, 0.2) is 51.2 Å². The van der Waals surface area contributed by atoms with Crippen molar-refractivity contribution in [1.82, 2.24) is 14.6 Å². The summed E-state index contributed by atoms with van der Waals surface area (Å²) < 4.78 is 33.8. The number of fused-ring (bicyclic) bond motifs is 1. The molecule has 7 nitrogen and oxygen atoms in total. The standard InChI is InChI=1S/C18H20N4O3S2/c1-13-12-15(21-8-10-25-11-9-21)22-17(19-13)16(18(20-22)26-2)27(23,24)14-6-4-3-5-7-14/h3-7,12H,8-11H2,1-2H3. The maximum Gasteiger partial charge on any atom is 0.213 e. The first-order valence-electron chi connectivity index (χ1n) is 8.59. The Kier molecular flexibility index (Phi) is 4.83. The summed E-state index contributed by atoms with van der Waals surface area (Å²) in [6.07, 6.45) is 1.83. The van der Waals surface area contributed by atoms with Gasteiger partial charge in [-0.15, -0.1) is 11.8 Å². The van der Waals surface area contributed by atoms with Crippen LogP contribution in [0.5, 0.6) is 0 Å². The van der Waals surface area contributed by atoms with E-state index in [-0.39, 0.29) is 9.79 Å².